The quantitative estimate of drug-likeness (QED) is 0.806. The number of aliphatic imine (C=N–C) groups is 1. The summed E-state index contributed by atoms with van der Waals surface area (Å²) in [6.07, 6.45) is 0.951. The van der Waals surface area contributed by atoms with Crippen LogP contribution in [0.5, 0.6) is 0 Å². The van der Waals surface area contributed by atoms with Crippen LogP contribution in [0.2, 0.25) is 0 Å². The summed E-state index contributed by atoms with van der Waals surface area (Å²) in [4.78, 5) is 16.6. The maximum absolute atomic E-state index is 11.6. The maximum Gasteiger partial charge on any atom is 0.335 e. The van der Waals surface area contributed by atoms with Crippen LogP contribution < -0.4 is 0 Å². The first-order chi connectivity index (χ1) is 7.74. The summed E-state index contributed by atoms with van der Waals surface area (Å²) in [6.45, 7) is 2.12. The SMILES string of the molecule is CCOC(=O)C1N=COC1c1sccc1Br. The summed E-state index contributed by atoms with van der Waals surface area (Å²) in [7, 11) is 0. The summed E-state index contributed by atoms with van der Waals surface area (Å²) >= 11 is 4.94. The van der Waals surface area contributed by atoms with Crippen LogP contribution in [0.25, 0.3) is 0 Å². The first-order valence-corrected chi connectivity index (χ1v) is 6.48. The molecule has 0 N–H and O–H groups in total. The summed E-state index contributed by atoms with van der Waals surface area (Å²) in [6, 6.07) is 1.33. The standard InChI is InChI=1S/C10H10BrNO3S/c1-2-14-10(13)7-8(15-5-12-7)9-6(11)3-4-16-9/h3-5,7-8H,2H2,1H3. The first kappa shape index (κ1) is 11.6. The van der Waals surface area contributed by atoms with Crippen molar-refractivity contribution in [3.8, 4) is 0 Å². The molecule has 0 fully saturated rings. The zero-order valence-electron chi connectivity index (χ0n) is 8.55. The molecule has 0 radical (unpaired) electrons. The van der Waals surface area contributed by atoms with Crippen molar-refractivity contribution < 1.29 is 14.3 Å². The van der Waals surface area contributed by atoms with Gasteiger partial charge >= 0.3 is 5.97 Å². The third-order valence-corrected chi connectivity index (χ3v) is 4.08. The molecule has 1 aliphatic rings. The summed E-state index contributed by atoms with van der Waals surface area (Å²) in [5, 5.41) is 1.93. The van der Waals surface area contributed by atoms with Gasteiger partial charge in [0, 0.05) is 4.47 Å². The van der Waals surface area contributed by atoms with E-state index in [-0.39, 0.29) is 12.1 Å². The van der Waals surface area contributed by atoms with E-state index in [0.717, 1.165) is 9.35 Å². The van der Waals surface area contributed by atoms with E-state index < -0.39 is 6.04 Å². The second kappa shape index (κ2) is 4.97. The fourth-order valence-electron chi connectivity index (χ4n) is 1.44. The van der Waals surface area contributed by atoms with Crippen LogP contribution in [0.4, 0.5) is 0 Å². The zero-order chi connectivity index (χ0) is 11.5. The van der Waals surface area contributed by atoms with Crippen LogP contribution in [-0.4, -0.2) is 25.0 Å². The first-order valence-electron chi connectivity index (χ1n) is 4.80. The van der Waals surface area contributed by atoms with E-state index in [1.807, 2.05) is 11.4 Å². The molecule has 0 saturated heterocycles. The zero-order valence-corrected chi connectivity index (χ0v) is 11.0. The largest absolute Gasteiger partial charge is 0.472 e. The molecule has 2 heterocycles. The summed E-state index contributed by atoms with van der Waals surface area (Å²) in [5.41, 5.74) is 0. The van der Waals surface area contributed by atoms with Crippen LogP contribution in [-0.2, 0) is 14.3 Å². The second-order valence-electron chi connectivity index (χ2n) is 3.14. The van der Waals surface area contributed by atoms with Gasteiger partial charge in [-0.25, -0.2) is 9.79 Å². The Bertz CT molecular complexity index is 418. The van der Waals surface area contributed by atoms with E-state index >= 15 is 0 Å². The highest BCUT2D eigenvalue weighted by Gasteiger charge is 2.36. The number of ether oxygens (including phenoxy) is 2. The minimum Gasteiger partial charge on any atom is -0.472 e. The van der Waals surface area contributed by atoms with Crippen molar-refractivity contribution in [2.75, 3.05) is 6.61 Å². The number of hydrogen-bond acceptors (Lipinski definition) is 5. The number of carbonyl (C=O) groups is 1. The van der Waals surface area contributed by atoms with Gasteiger partial charge in [-0.15, -0.1) is 11.3 Å². The second-order valence-corrected chi connectivity index (χ2v) is 4.94. The van der Waals surface area contributed by atoms with Crippen molar-refractivity contribution in [3.63, 3.8) is 0 Å². The fourth-order valence-corrected chi connectivity index (χ4v) is 3.11. The van der Waals surface area contributed by atoms with E-state index in [9.17, 15) is 4.79 Å². The van der Waals surface area contributed by atoms with Gasteiger partial charge in [0.1, 0.15) is 0 Å². The highest BCUT2D eigenvalue weighted by Crippen LogP contribution is 2.36. The minimum atomic E-state index is -0.588. The Labute approximate surface area is 105 Å². The maximum atomic E-state index is 11.6. The van der Waals surface area contributed by atoms with Gasteiger partial charge in [0.2, 0.25) is 0 Å². The van der Waals surface area contributed by atoms with Crippen LogP contribution >= 0.6 is 27.3 Å². The van der Waals surface area contributed by atoms with Gasteiger partial charge in [-0.2, -0.15) is 0 Å². The third kappa shape index (κ3) is 2.12. The Balaban J connectivity index is 2.17. The number of halogens is 1. The van der Waals surface area contributed by atoms with Gasteiger partial charge in [-0.3, -0.25) is 0 Å². The monoisotopic (exact) mass is 303 g/mol. The lowest BCUT2D eigenvalue weighted by Gasteiger charge is -2.14. The van der Waals surface area contributed by atoms with Gasteiger partial charge in [-0.05, 0) is 34.3 Å². The van der Waals surface area contributed by atoms with E-state index in [4.69, 9.17) is 9.47 Å². The molecule has 0 saturated carbocycles. The highest BCUT2D eigenvalue weighted by atomic mass is 79.9. The topological polar surface area (TPSA) is 47.9 Å². The number of rotatable bonds is 3. The summed E-state index contributed by atoms with van der Waals surface area (Å²) in [5.74, 6) is -0.346. The Morgan fingerprint density at radius 2 is 2.56 bits per heavy atom. The number of carbonyl (C=O) groups excluding carboxylic acids is 1. The molecule has 0 amide bonds. The van der Waals surface area contributed by atoms with Gasteiger partial charge in [0.25, 0.3) is 0 Å². The highest BCUT2D eigenvalue weighted by molar-refractivity contribution is 9.10. The van der Waals surface area contributed by atoms with Gasteiger partial charge in [0.15, 0.2) is 18.5 Å². The van der Waals surface area contributed by atoms with Crippen molar-refractivity contribution >= 4 is 39.6 Å². The molecular weight excluding hydrogens is 294 g/mol. The number of hydrogen-bond donors (Lipinski definition) is 0. The van der Waals surface area contributed by atoms with Crippen molar-refractivity contribution in [1.82, 2.24) is 0 Å². The molecule has 1 aromatic rings. The Morgan fingerprint density at radius 3 is 3.19 bits per heavy atom. The minimum absolute atomic E-state index is 0.346. The molecule has 16 heavy (non-hydrogen) atoms. The van der Waals surface area contributed by atoms with Crippen LogP contribution in [0.3, 0.4) is 0 Å². The molecule has 1 aliphatic heterocycles. The molecule has 6 heteroatoms. The molecule has 2 atom stereocenters. The normalized spacial score (nSPS) is 23.1. The molecule has 4 nitrogen and oxygen atoms in total. The lowest BCUT2D eigenvalue weighted by atomic mass is 10.1. The Morgan fingerprint density at radius 1 is 1.75 bits per heavy atom. The fraction of sp³-hybridized carbons (Fsp3) is 0.400. The molecule has 0 aliphatic carbocycles. The number of nitrogens with zero attached hydrogens (tertiary/aromatic N) is 1. The molecule has 2 unspecified atom stereocenters. The Hall–Kier alpha value is -0.880. The molecule has 1 aromatic heterocycles. The van der Waals surface area contributed by atoms with E-state index in [1.54, 1.807) is 6.92 Å². The smallest absolute Gasteiger partial charge is 0.335 e. The van der Waals surface area contributed by atoms with Gasteiger partial charge in [0.05, 0.1) is 11.5 Å². The lowest BCUT2D eigenvalue weighted by molar-refractivity contribution is -0.146. The predicted molar refractivity (Wildman–Crippen MR) is 64.8 cm³/mol. The third-order valence-electron chi connectivity index (χ3n) is 2.15. The van der Waals surface area contributed by atoms with E-state index in [0.29, 0.717) is 6.61 Å². The van der Waals surface area contributed by atoms with Crippen LogP contribution in [0, 0.1) is 0 Å². The van der Waals surface area contributed by atoms with E-state index in [2.05, 4.69) is 20.9 Å². The lowest BCUT2D eigenvalue weighted by Crippen LogP contribution is -2.25. The average molecular weight is 304 g/mol. The number of thiophene rings is 1. The van der Waals surface area contributed by atoms with Gasteiger partial charge < -0.3 is 9.47 Å². The Kier molecular flexibility index (Phi) is 3.60. The number of esters is 1. The van der Waals surface area contributed by atoms with Crippen molar-refractivity contribution in [1.29, 1.82) is 0 Å². The predicted octanol–water partition coefficient (Wildman–Crippen LogP) is 2.54. The van der Waals surface area contributed by atoms with Crippen molar-refractivity contribution in [2.24, 2.45) is 4.99 Å². The van der Waals surface area contributed by atoms with Crippen molar-refractivity contribution in [3.05, 3.63) is 20.8 Å². The van der Waals surface area contributed by atoms with Gasteiger partial charge in [-0.1, -0.05) is 0 Å². The molecule has 0 aromatic carbocycles. The summed E-state index contributed by atoms with van der Waals surface area (Å²) < 4.78 is 11.2. The van der Waals surface area contributed by atoms with Crippen molar-refractivity contribution in [2.45, 2.75) is 19.1 Å². The molecule has 2 rings (SSSR count). The molecule has 0 bridgehead atoms. The van der Waals surface area contributed by atoms with Crippen LogP contribution in [0.15, 0.2) is 20.9 Å². The van der Waals surface area contributed by atoms with E-state index in [1.165, 1.54) is 17.7 Å². The molecule has 0 spiro atoms. The molecule has 86 valence electrons. The van der Waals surface area contributed by atoms with Crippen LogP contribution in [0.1, 0.15) is 17.9 Å². The molecular formula is C10H10BrNO3S. The average Bonchev–Trinajstić information content (AvgIpc) is 2.85.